The molecule has 2 aliphatic carbocycles. The molecular formula is C64H48N2. The van der Waals surface area contributed by atoms with Gasteiger partial charge in [0.15, 0.2) is 0 Å². The third-order valence-electron chi connectivity index (χ3n) is 14.9. The van der Waals surface area contributed by atoms with Crippen LogP contribution in [0, 0.1) is 0 Å². The minimum atomic E-state index is -0.131. The Morgan fingerprint density at radius 3 is 0.909 bits per heavy atom. The predicted molar refractivity (Wildman–Crippen MR) is 281 cm³/mol. The van der Waals surface area contributed by atoms with E-state index in [1.807, 2.05) is 0 Å². The van der Waals surface area contributed by atoms with Gasteiger partial charge in [0.25, 0.3) is 0 Å². The van der Waals surface area contributed by atoms with Crippen molar-refractivity contribution in [1.29, 1.82) is 0 Å². The Balaban J connectivity index is 0.732. The lowest BCUT2D eigenvalue weighted by Gasteiger charge is -2.22. The molecule has 0 saturated carbocycles. The van der Waals surface area contributed by atoms with E-state index in [2.05, 4.69) is 255 Å². The van der Waals surface area contributed by atoms with Gasteiger partial charge in [0.05, 0.1) is 22.1 Å². The van der Waals surface area contributed by atoms with Crippen LogP contribution in [0.25, 0.3) is 102 Å². The van der Waals surface area contributed by atoms with Crippen LogP contribution < -0.4 is 0 Å². The summed E-state index contributed by atoms with van der Waals surface area (Å²) >= 11 is 0. The molecule has 66 heavy (non-hydrogen) atoms. The Morgan fingerprint density at radius 1 is 0.288 bits per heavy atom. The summed E-state index contributed by atoms with van der Waals surface area (Å²) in [5.74, 6) is 0. The third-order valence-corrected chi connectivity index (χ3v) is 14.9. The SMILES string of the molecule is CC1(C)c2cc(C=Cc3ccc(C=Cc4ccc5c(c4)C(C)(C)c4cc(-n6c7ccccc7c7ccccc76)ccc4-5)cc3)ccc2-c2ccc(-n3c4ccccc4c4ccccc43)cc21. The summed E-state index contributed by atoms with van der Waals surface area (Å²) in [7, 11) is 0. The van der Waals surface area contributed by atoms with Gasteiger partial charge in [0, 0.05) is 43.7 Å². The lowest BCUT2D eigenvalue weighted by molar-refractivity contribution is 0.659. The number of hydrogen-bond donors (Lipinski definition) is 0. The van der Waals surface area contributed by atoms with Gasteiger partial charge >= 0.3 is 0 Å². The Labute approximate surface area is 386 Å². The molecule has 0 aliphatic heterocycles. The van der Waals surface area contributed by atoms with Crippen molar-refractivity contribution in [3.8, 4) is 33.6 Å². The van der Waals surface area contributed by atoms with E-state index in [0.717, 1.165) is 0 Å². The number of hydrogen-bond acceptors (Lipinski definition) is 0. The molecule has 0 amide bonds. The molecule has 11 aromatic rings. The summed E-state index contributed by atoms with van der Waals surface area (Å²) in [5.41, 5.74) is 22.7. The van der Waals surface area contributed by atoms with Crippen LogP contribution in [0.15, 0.2) is 194 Å². The maximum absolute atomic E-state index is 2.43. The van der Waals surface area contributed by atoms with Gasteiger partial charge in [-0.25, -0.2) is 0 Å². The van der Waals surface area contributed by atoms with Gasteiger partial charge in [-0.1, -0.05) is 198 Å². The fraction of sp³-hybridized carbons (Fsp3) is 0.0938. The zero-order valence-corrected chi connectivity index (χ0v) is 37.7. The molecule has 0 atom stereocenters. The second-order valence-corrected chi connectivity index (χ2v) is 19.4. The van der Waals surface area contributed by atoms with Gasteiger partial charge in [0.1, 0.15) is 0 Å². The van der Waals surface area contributed by atoms with Crippen molar-refractivity contribution < 1.29 is 0 Å². The fourth-order valence-electron chi connectivity index (χ4n) is 11.5. The van der Waals surface area contributed by atoms with Gasteiger partial charge in [-0.2, -0.15) is 0 Å². The number of nitrogens with zero attached hydrogens (tertiary/aromatic N) is 2. The van der Waals surface area contributed by atoms with Gasteiger partial charge in [-0.05, 0) is 115 Å². The van der Waals surface area contributed by atoms with E-state index < -0.39 is 0 Å². The Hall–Kier alpha value is -7.94. The zero-order chi connectivity index (χ0) is 44.3. The summed E-state index contributed by atoms with van der Waals surface area (Å²) in [6.45, 7) is 9.50. The van der Waals surface area contributed by atoms with Crippen molar-refractivity contribution in [2.24, 2.45) is 0 Å². The molecule has 2 heterocycles. The van der Waals surface area contributed by atoms with E-state index in [9.17, 15) is 0 Å². The summed E-state index contributed by atoms with van der Waals surface area (Å²) < 4.78 is 4.85. The van der Waals surface area contributed by atoms with Crippen molar-refractivity contribution in [2.45, 2.75) is 38.5 Å². The first-order valence-electron chi connectivity index (χ1n) is 23.2. The molecule has 13 rings (SSSR count). The minimum Gasteiger partial charge on any atom is -0.309 e. The van der Waals surface area contributed by atoms with E-state index in [1.54, 1.807) is 0 Å². The monoisotopic (exact) mass is 844 g/mol. The first-order valence-corrected chi connectivity index (χ1v) is 23.2. The molecule has 0 fully saturated rings. The highest BCUT2D eigenvalue weighted by molar-refractivity contribution is 6.10. The van der Waals surface area contributed by atoms with Crippen molar-refractivity contribution >= 4 is 67.9 Å². The van der Waals surface area contributed by atoms with Crippen molar-refractivity contribution in [3.05, 3.63) is 239 Å². The number of benzene rings is 9. The van der Waals surface area contributed by atoms with Crippen LogP contribution >= 0.6 is 0 Å². The highest BCUT2D eigenvalue weighted by Gasteiger charge is 2.37. The first-order chi connectivity index (χ1) is 32.2. The van der Waals surface area contributed by atoms with Crippen LogP contribution in [0.1, 0.15) is 72.2 Å². The quantitative estimate of drug-likeness (QED) is 0.148. The van der Waals surface area contributed by atoms with E-state index >= 15 is 0 Å². The summed E-state index contributed by atoms with van der Waals surface area (Å²) in [5, 5.41) is 5.15. The van der Waals surface area contributed by atoms with Crippen LogP contribution in [0.2, 0.25) is 0 Å². The van der Waals surface area contributed by atoms with Gasteiger partial charge in [-0.15, -0.1) is 0 Å². The van der Waals surface area contributed by atoms with Crippen LogP contribution in [0.5, 0.6) is 0 Å². The molecule has 0 N–H and O–H groups in total. The molecule has 314 valence electrons. The average molecular weight is 845 g/mol. The van der Waals surface area contributed by atoms with Gasteiger partial charge in [-0.3, -0.25) is 0 Å². The first kappa shape index (κ1) is 38.5. The lowest BCUT2D eigenvalue weighted by atomic mass is 9.81. The molecule has 0 bridgehead atoms. The van der Waals surface area contributed by atoms with E-state index in [1.165, 1.54) is 122 Å². The molecule has 2 aromatic heterocycles. The van der Waals surface area contributed by atoms with Crippen molar-refractivity contribution in [2.75, 3.05) is 0 Å². The minimum absolute atomic E-state index is 0.131. The second kappa shape index (κ2) is 14.3. The van der Waals surface area contributed by atoms with Gasteiger partial charge < -0.3 is 9.13 Å². The molecule has 2 heteroatoms. The zero-order valence-electron chi connectivity index (χ0n) is 37.7. The van der Waals surface area contributed by atoms with E-state index in [4.69, 9.17) is 0 Å². The van der Waals surface area contributed by atoms with Crippen molar-refractivity contribution in [3.63, 3.8) is 0 Å². The number of para-hydroxylation sites is 4. The predicted octanol–water partition coefficient (Wildman–Crippen LogP) is 16.8. The summed E-state index contributed by atoms with van der Waals surface area (Å²) in [4.78, 5) is 0. The van der Waals surface area contributed by atoms with Crippen LogP contribution in [-0.4, -0.2) is 9.13 Å². The molecule has 0 radical (unpaired) electrons. The van der Waals surface area contributed by atoms with Crippen LogP contribution in [0.3, 0.4) is 0 Å². The van der Waals surface area contributed by atoms with Crippen molar-refractivity contribution in [1.82, 2.24) is 9.13 Å². The standard InChI is InChI=1S/C64H48N2/c1-63(2)55-37-43(29-33-47(55)49-35-31-45(39-57(49)63)65-59-17-9-5-13-51(59)52-14-6-10-18-60(52)65)27-25-41-21-23-42(24-22-41)26-28-44-30-34-48-50-36-32-46(40-58(50)64(3,4)56(48)38-44)66-61-19-11-7-15-53(61)54-16-8-12-20-62(54)66/h5-40H,1-4H3. The topological polar surface area (TPSA) is 9.86 Å². The molecule has 0 saturated heterocycles. The highest BCUT2D eigenvalue weighted by atomic mass is 15.0. The maximum atomic E-state index is 2.43. The smallest absolute Gasteiger partial charge is 0.0541 e. The fourth-order valence-corrected chi connectivity index (χ4v) is 11.5. The molecule has 9 aromatic carbocycles. The average Bonchev–Trinajstić information content (AvgIpc) is 4.01. The van der Waals surface area contributed by atoms with E-state index in [0.29, 0.717) is 0 Å². The Morgan fingerprint density at radius 2 is 0.561 bits per heavy atom. The number of rotatable bonds is 6. The highest BCUT2D eigenvalue weighted by Crippen LogP contribution is 2.51. The van der Waals surface area contributed by atoms with Gasteiger partial charge in [0.2, 0.25) is 0 Å². The molecule has 2 nitrogen and oxygen atoms in total. The molecule has 0 unspecified atom stereocenters. The third kappa shape index (κ3) is 5.74. The summed E-state index contributed by atoms with van der Waals surface area (Å²) in [6.07, 6.45) is 8.98. The molecular weight excluding hydrogens is 797 g/mol. The lowest BCUT2D eigenvalue weighted by Crippen LogP contribution is -2.15. The van der Waals surface area contributed by atoms with E-state index in [-0.39, 0.29) is 10.8 Å². The maximum Gasteiger partial charge on any atom is 0.0541 e. The summed E-state index contributed by atoms with van der Waals surface area (Å²) in [6, 6.07) is 72.0. The molecule has 0 spiro atoms. The Kier molecular flexibility index (Phi) is 8.33. The number of fused-ring (bicyclic) bond motifs is 12. The Bertz CT molecular complexity index is 3500. The second-order valence-electron chi connectivity index (χ2n) is 19.4. The van der Waals surface area contributed by atoms with Crippen LogP contribution in [0.4, 0.5) is 0 Å². The normalized spacial score (nSPS) is 14.5. The largest absolute Gasteiger partial charge is 0.309 e. The number of aromatic nitrogens is 2. The molecule has 2 aliphatic rings. The van der Waals surface area contributed by atoms with Crippen LogP contribution in [-0.2, 0) is 10.8 Å².